The van der Waals surface area contributed by atoms with Crippen LogP contribution in [0.1, 0.15) is 18.4 Å². The van der Waals surface area contributed by atoms with E-state index in [2.05, 4.69) is 4.98 Å². The maximum atomic E-state index is 13.8. The van der Waals surface area contributed by atoms with Gasteiger partial charge in [0.15, 0.2) is 11.6 Å². The maximum Gasteiger partial charge on any atom is 0.490 e. The molecular weight excluding hydrogens is 345 g/mol. The lowest BCUT2D eigenvalue weighted by Gasteiger charge is -2.22. The van der Waals surface area contributed by atoms with E-state index in [0.717, 1.165) is 0 Å². The first-order valence-electron chi connectivity index (χ1n) is 6.78. The fourth-order valence-corrected chi connectivity index (χ4v) is 3.08. The molecule has 1 saturated carbocycles. The van der Waals surface area contributed by atoms with Crippen LogP contribution in [0.25, 0.3) is 0 Å². The lowest BCUT2D eigenvalue weighted by molar-refractivity contribution is 0.181. The molecule has 0 amide bonds. The Hall–Kier alpha value is -1.54. The number of nitrogens with two attached hydrogens (primary N) is 1. The highest BCUT2D eigenvalue weighted by atomic mass is 35.5. The quantitative estimate of drug-likeness (QED) is 0.574. The number of pyridine rings is 1. The zero-order valence-corrected chi connectivity index (χ0v) is 13.3. The van der Waals surface area contributed by atoms with Gasteiger partial charge in [-0.15, -0.1) is 0 Å². The Morgan fingerprint density at radius 1 is 1.30 bits per heavy atom. The molecule has 0 unspecified atom stereocenters. The van der Waals surface area contributed by atoms with Gasteiger partial charge in [-0.25, -0.2) is 9.37 Å². The molecule has 0 saturated heterocycles. The minimum Gasteiger partial charge on any atom is -0.479 e. The van der Waals surface area contributed by atoms with Crippen LogP contribution in [0.15, 0.2) is 24.4 Å². The smallest absolute Gasteiger partial charge is 0.479 e. The van der Waals surface area contributed by atoms with E-state index in [-0.39, 0.29) is 22.1 Å². The van der Waals surface area contributed by atoms with Crippen LogP contribution in [0.4, 0.5) is 10.2 Å². The molecule has 0 radical (unpaired) electrons. The van der Waals surface area contributed by atoms with Gasteiger partial charge in [0.05, 0.1) is 5.02 Å². The van der Waals surface area contributed by atoms with Crippen LogP contribution in [-0.4, -0.2) is 22.2 Å². The number of hydrogen-bond donors (Lipinski definition) is 3. The van der Waals surface area contributed by atoms with E-state index in [9.17, 15) is 14.4 Å². The minimum atomic E-state index is -1.71. The molecule has 0 spiro atoms. The molecule has 1 fully saturated rings. The fourth-order valence-electron chi connectivity index (χ4n) is 2.37. The molecule has 3 rings (SSSR count). The Bertz CT molecular complexity index is 772. The lowest BCUT2D eigenvalue weighted by Crippen LogP contribution is -2.31. The molecule has 2 aromatic rings. The van der Waals surface area contributed by atoms with Crippen molar-refractivity contribution in [2.45, 2.75) is 18.4 Å². The molecule has 4 N–H and O–H groups in total. The number of nitrogens with zero attached hydrogens (tertiary/aromatic N) is 1. The van der Waals surface area contributed by atoms with E-state index in [1.165, 1.54) is 24.4 Å². The van der Waals surface area contributed by atoms with Gasteiger partial charge in [0.1, 0.15) is 11.4 Å². The molecule has 1 heterocycles. The molecule has 0 bridgehead atoms. The predicted octanol–water partition coefficient (Wildman–Crippen LogP) is 1.86. The van der Waals surface area contributed by atoms with Crippen LogP contribution in [0.2, 0.25) is 10.0 Å². The van der Waals surface area contributed by atoms with Gasteiger partial charge in [-0.3, -0.25) is 0 Å². The largest absolute Gasteiger partial charge is 0.490 e. The van der Waals surface area contributed by atoms with Crippen LogP contribution in [-0.2, 0) is 5.60 Å². The van der Waals surface area contributed by atoms with Crippen molar-refractivity contribution in [3.05, 3.63) is 45.8 Å². The third kappa shape index (κ3) is 2.97. The third-order valence-corrected chi connectivity index (χ3v) is 4.39. The second-order valence-corrected chi connectivity index (χ2v) is 6.13. The van der Waals surface area contributed by atoms with E-state index in [0.29, 0.717) is 23.4 Å². The van der Waals surface area contributed by atoms with Gasteiger partial charge in [-0.2, -0.15) is 0 Å². The van der Waals surface area contributed by atoms with E-state index < -0.39 is 18.5 Å². The highest BCUT2D eigenvalue weighted by Gasteiger charge is 2.51. The zero-order chi connectivity index (χ0) is 16.8. The first-order chi connectivity index (χ1) is 10.8. The molecule has 1 aromatic heterocycles. The van der Waals surface area contributed by atoms with Crippen molar-refractivity contribution in [2.24, 2.45) is 0 Å². The normalized spacial score (nSPS) is 15.3. The maximum absolute atomic E-state index is 13.8. The Morgan fingerprint density at radius 2 is 2.00 bits per heavy atom. The number of anilines is 1. The van der Waals surface area contributed by atoms with E-state index in [1.54, 1.807) is 0 Å². The number of ether oxygens (including phenoxy) is 1. The number of nitrogen functional groups attached to an aromatic ring is 1. The Morgan fingerprint density at radius 3 is 2.61 bits per heavy atom. The van der Waals surface area contributed by atoms with Crippen LogP contribution in [0.5, 0.6) is 5.75 Å². The second kappa shape index (κ2) is 5.83. The topological polar surface area (TPSA) is 88.6 Å². The molecule has 120 valence electrons. The van der Waals surface area contributed by atoms with Gasteiger partial charge in [-0.1, -0.05) is 23.2 Å². The summed E-state index contributed by atoms with van der Waals surface area (Å²) in [4.78, 5) is 3.86. The standard InChI is InChI=1S/C14H12BCl2FN2O3/c16-8-1-2-9(18)12(17)11(8)14(3-4-14)23-10-5-7(15(21)22)6-20-13(10)19/h1-2,5-6,21-22H,3-4H2,(H2,19,20). The number of rotatable bonds is 4. The van der Waals surface area contributed by atoms with E-state index >= 15 is 0 Å². The van der Waals surface area contributed by atoms with Gasteiger partial charge < -0.3 is 20.5 Å². The lowest BCUT2D eigenvalue weighted by atomic mass is 9.81. The first-order valence-corrected chi connectivity index (χ1v) is 7.54. The van der Waals surface area contributed by atoms with Gasteiger partial charge in [0, 0.05) is 22.2 Å². The highest BCUT2D eigenvalue weighted by molar-refractivity contribution is 6.58. The van der Waals surface area contributed by atoms with Crippen LogP contribution >= 0.6 is 23.2 Å². The summed E-state index contributed by atoms with van der Waals surface area (Å²) in [6, 6.07) is 3.97. The van der Waals surface area contributed by atoms with E-state index in [1.807, 2.05) is 0 Å². The predicted molar refractivity (Wildman–Crippen MR) is 86.4 cm³/mol. The molecule has 5 nitrogen and oxygen atoms in total. The van der Waals surface area contributed by atoms with E-state index in [4.69, 9.17) is 33.7 Å². The van der Waals surface area contributed by atoms with Crippen molar-refractivity contribution in [3.8, 4) is 5.75 Å². The monoisotopic (exact) mass is 356 g/mol. The summed E-state index contributed by atoms with van der Waals surface area (Å²) in [6.07, 6.45) is 2.37. The molecule has 1 aliphatic rings. The third-order valence-electron chi connectivity index (χ3n) is 3.71. The molecule has 0 atom stereocenters. The summed E-state index contributed by atoms with van der Waals surface area (Å²) in [5.41, 5.74) is 5.35. The average Bonchev–Trinajstić information content (AvgIpc) is 3.26. The molecule has 0 aliphatic heterocycles. The average molecular weight is 357 g/mol. The number of halogens is 3. The SMILES string of the molecule is Nc1ncc(B(O)O)cc1OC1(c2c(Cl)ccc(F)c2Cl)CC1. The van der Waals surface area contributed by atoms with Crippen LogP contribution in [0, 0.1) is 5.82 Å². The molecule has 1 aliphatic carbocycles. The molecular formula is C14H12BCl2FN2O3. The number of benzene rings is 1. The van der Waals surface area contributed by atoms with Crippen molar-refractivity contribution in [2.75, 3.05) is 5.73 Å². The van der Waals surface area contributed by atoms with Gasteiger partial charge >= 0.3 is 7.12 Å². The van der Waals surface area contributed by atoms with Crippen molar-refractivity contribution in [1.29, 1.82) is 0 Å². The summed E-state index contributed by atoms with van der Waals surface area (Å²) >= 11 is 12.2. The van der Waals surface area contributed by atoms with Crippen molar-refractivity contribution in [1.82, 2.24) is 4.98 Å². The van der Waals surface area contributed by atoms with Gasteiger partial charge in [0.2, 0.25) is 0 Å². The van der Waals surface area contributed by atoms with Gasteiger partial charge in [0.25, 0.3) is 0 Å². The summed E-state index contributed by atoms with van der Waals surface area (Å²) in [7, 11) is -1.71. The molecule has 23 heavy (non-hydrogen) atoms. The molecule has 1 aromatic carbocycles. The van der Waals surface area contributed by atoms with Crippen LogP contribution < -0.4 is 15.9 Å². The second-order valence-electron chi connectivity index (χ2n) is 5.34. The minimum absolute atomic E-state index is 0.0734. The Kier molecular flexibility index (Phi) is 4.14. The number of aromatic nitrogens is 1. The Labute approximate surface area is 142 Å². The van der Waals surface area contributed by atoms with Crippen molar-refractivity contribution in [3.63, 3.8) is 0 Å². The summed E-state index contributed by atoms with van der Waals surface area (Å²) in [6.45, 7) is 0. The van der Waals surface area contributed by atoms with Crippen molar-refractivity contribution >= 4 is 41.6 Å². The fraction of sp³-hybridized carbons (Fsp3) is 0.214. The van der Waals surface area contributed by atoms with Gasteiger partial charge in [-0.05, 0) is 31.0 Å². The Balaban J connectivity index is 2.01. The zero-order valence-electron chi connectivity index (χ0n) is 11.8. The highest BCUT2D eigenvalue weighted by Crippen LogP contribution is 2.54. The summed E-state index contributed by atoms with van der Waals surface area (Å²) in [5.74, 6) is -0.361. The van der Waals surface area contributed by atoms with Crippen molar-refractivity contribution < 1.29 is 19.2 Å². The summed E-state index contributed by atoms with van der Waals surface area (Å²) in [5, 5.41) is 18.6. The van der Waals surface area contributed by atoms with Crippen LogP contribution in [0.3, 0.4) is 0 Å². The summed E-state index contributed by atoms with van der Waals surface area (Å²) < 4.78 is 19.6. The molecule has 9 heteroatoms. The first kappa shape index (κ1) is 16.3. The number of hydrogen-bond acceptors (Lipinski definition) is 5.